The Morgan fingerprint density at radius 1 is 1.40 bits per heavy atom. The molecule has 0 saturated carbocycles. The SMILES string of the molecule is NCC(=O)N1C[C@H](Nc2ccccc2)C[C@@H]1OC(=O)O. The van der Waals surface area contributed by atoms with Crippen LogP contribution < -0.4 is 11.1 Å². The number of rotatable bonds is 4. The summed E-state index contributed by atoms with van der Waals surface area (Å²) in [5, 5.41) is 12.0. The fourth-order valence-electron chi connectivity index (χ4n) is 2.28. The average molecular weight is 279 g/mol. The van der Waals surface area contributed by atoms with E-state index < -0.39 is 12.4 Å². The summed E-state index contributed by atoms with van der Waals surface area (Å²) in [5.41, 5.74) is 6.24. The Morgan fingerprint density at radius 2 is 2.10 bits per heavy atom. The molecule has 0 unspecified atom stereocenters. The molecule has 7 nitrogen and oxygen atoms in total. The molecule has 4 N–H and O–H groups in total. The number of carboxylic acid groups (broad SMARTS) is 1. The third kappa shape index (κ3) is 3.39. The molecule has 108 valence electrons. The summed E-state index contributed by atoms with van der Waals surface area (Å²) in [7, 11) is 0. The largest absolute Gasteiger partial charge is 0.507 e. The topological polar surface area (TPSA) is 105 Å². The van der Waals surface area contributed by atoms with Gasteiger partial charge in [0.2, 0.25) is 5.91 Å². The molecule has 1 amide bonds. The van der Waals surface area contributed by atoms with E-state index in [0.717, 1.165) is 5.69 Å². The smallest absolute Gasteiger partial charge is 0.450 e. The molecule has 1 heterocycles. The maximum atomic E-state index is 11.7. The van der Waals surface area contributed by atoms with Gasteiger partial charge >= 0.3 is 6.16 Å². The molecule has 0 radical (unpaired) electrons. The van der Waals surface area contributed by atoms with Crippen molar-refractivity contribution in [2.45, 2.75) is 18.7 Å². The minimum absolute atomic E-state index is 0.0720. The number of amides is 1. The molecule has 0 bridgehead atoms. The van der Waals surface area contributed by atoms with Crippen LogP contribution in [0.1, 0.15) is 6.42 Å². The maximum absolute atomic E-state index is 11.7. The highest BCUT2D eigenvalue weighted by molar-refractivity contribution is 5.79. The van der Waals surface area contributed by atoms with Crippen molar-refractivity contribution in [2.24, 2.45) is 5.73 Å². The number of hydrogen-bond acceptors (Lipinski definition) is 5. The summed E-state index contributed by atoms with van der Waals surface area (Å²) >= 11 is 0. The number of ether oxygens (including phenoxy) is 1. The molecule has 0 aromatic heterocycles. The van der Waals surface area contributed by atoms with E-state index in [0.29, 0.717) is 13.0 Å². The Kier molecular flexibility index (Phi) is 4.41. The molecule has 1 aliphatic heterocycles. The van der Waals surface area contributed by atoms with Crippen LogP contribution in [-0.4, -0.2) is 47.4 Å². The lowest BCUT2D eigenvalue weighted by molar-refractivity contribution is -0.137. The van der Waals surface area contributed by atoms with E-state index in [-0.39, 0.29) is 18.5 Å². The Labute approximate surface area is 116 Å². The zero-order valence-corrected chi connectivity index (χ0v) is 10.9. The molecule has 2 rings (SSSR count). The van der Waals surface area contributed by atoms with Gasteiger partial charge in [-0.25, -0.2) is 4.79 Å². The minimum Gasteiger partial charge on any atom is -0.450 e. The predicted octanol–water partition coefficient (Wildman–Crippen LogP) is 0.679. The first-order chi connectivity index (χ1) is 9.60. The van der Waals surface area contributed by atoms with Crippen LogP contribution in [0.5, 0.6) is 0 Å². The van der Waals surface area contributed by atoms with Gasteiger partial charge in [-0.3, -0.25) is 4.79 Å². The Hall–Kier alpha value is -2.28. The molecule has 1 fully saturated rings. The van der Waals surface area contributed by atoms with Crippen LogP contribution in [0.2, 0.25) is 0 Å². The first-order valence-electron chi connectivity index (χ1n) is 6.31. The van der Waals surface area contributed by atoms with Crippen LogP contribution in [0.25, 0.3) is 0 Å². The Bertz CT molecular complexity index is 480. The first kappa shape index (κ1) is 14.1. The summed E-state index contributed by atoms with van der Waals surface area (Å²) in [4.78, 5) is 23.7. The summed E-state index contributed by atoms with van der Waals surface area (Å²) < 4.78 is 4.74. The summed E-state index contributed by atoms with van der Waals surface area (Å²) in [6.45, 7) is 0.195. The number of carbonyl (C=O) groups is 2. The van der Waals surface area contributed by atoms with Crippen molar-refractivity contribution in [3.05, 3.63) is 30.3 Å². The molecule has 1 aromatic carbocycles. The van der Waals surface area contributed by atoms with E-state index in [4.69, 9.17) is 15.6 Å². The maximum Gasteiger partial charge on any atom is 0.507 e. The molecule has 2 atom stereocenters. The van der Waals surface area contributed by atoms with Crippen molar-refractivity contribution in [3.8, 4) is 0 Å². The Morgan fingerprint density at radius 3 is 2.70 bits per heavy atom. The fourth-order valence-corrected chi connectivity index (χ4v) is 2.28. The van der Waals surface area contributed by atoms with Gasteiger partial charge < -0.3 is 25.8 Å². The molecule has 20 heavy (non-hydrogen) atoms. The monoisotopic (exact) mass is 279 g/mol. The molecular formula is C13H17N3O4. The van der Waals surface area contributed by atoms with Crippen molar-refractivity contribution in [1.29, 1.82) is 0 Å². The van der Waals surface area contributed by atoms with Crippen molar-refractivity contribution in [2.75, 3.05) is 18.4 Å². The number of nitrogens with one attached hydrogen (secondary N) is 1. The standard InChI is InChI=1S/C13H17N3O4/c14-7-11(17)16-8-10(6-12(16)20-13(18)19)15-9-4-2-1-3-5-9/h1-5,10,12,15H,6-8,14H2,(H,18,19)/t10-,12+/m1/s1. The highest BCUT2D eigenvalue weighted by Gasteiger charge is 2.37. The van der Waals surface area contributed by atoms with Crippen molar-refractivity contribution >= 4 is 17.7 Å². The van der Waals surface area contributed by atoms with E-state index in [1.165, 1.54) is 4.90 Å². The summed E-state index contributed by atoms with van der Waals surface area (Å²) in [6.07, 6.45) is -1.79. The van der Waals surface area contributed by atoms with Gasteiger partial charge in [0, 0.05) is 24.7 Å². The number of benzene rings is 1. The molecule has 1 saturated heterocycles. The highest BCUT2D eigenvalue weighted by atomic mass is 16.7. The van der Waals surface area contributed by atoms with Gasteiger partial charge in [0.05, 0.1) is 6.54 Å². The molecule has 7 heteroatoms. The second kappa shape index (κ2) is 6.25. The van der Waals surface area contributed by atoms with Gasteiger partial charge in [-0.2, -0.15) is 0 Å². The normalized spacial score (nSPS) is 21.6. The molecule has 1 aliphatic rings. The third-order valence-electron chi connectivity index (χ3n) is 3.13. The second-order valence-corrected chi connectivity index (χ2v) is 4.53. The van der Waals surface area contributed by atoms with Crippen molar-refractivity contribution in [3.63, 3.8) is 0 Å². The number of hydrogen-bond donors (Lipinski definition) is 3. The number of nitrogens with two attached hydrogens (primary N) is 1. The van der Waals surface area contributed by atoms with Crippen molar-refractivity contribution < 1.29 is 19.4 Å². The zero-order chi connectivity index (χ0) is 14.5. The van der Waals surface area contributed by atoms with Crippen LogP contribution in [0, 0.1) is 0 Å². The van der Waals surface area contributed by atoms with Crippen LogP contribution >= 0.6 is 0 Å². The van der Waals surface area contributed by atoms with E-state index >= 15 is 0 Å². The molecule has 1 aromatic rings. The lowest BCUT2D eigenvalue weighted by Gasteiger charge is -2.22. The first-order valence-corrected chi connectivity index (χ1v) is 6.31. The fraction of sp³-hybridized carbons (Fsp3) is 0.385. The lowest BCUT2D eigenvalue weighted by Crippen LogP contribution is -2.42. The van der Waals surface area contributed by atoms with Gasteiger partial charge in [-0.1, -0.05) is 18.2 Å². The third-order valence-corrected chi connectivity index (χ3v) is 3.13. The number of para-hydroxylation sites is 1. The number of likely N-dealkylation sites (tertiary alicyclic amines) is 1. The Balaban J connectivity index is 2.03. The predicted molar refractivity (Wildman–Crippen MR) is 72.1 cm³/mol. The van der Waals surface area contributed by atoms with Crippen LogP contribution in [0.3, 0.4) is 0 Å². The van der Waals surface area contributed by atoms with Gasteiger partial charge in [0.1, 0.15) is 0 Å². The van der Waals surface area contributed by atoms with E-state index in [9.17, 15) is 9.59 Å². The van der Waals surface area contributed by atoms with Crippen LogP contribution in [-0.2, 0) is 9.53 Å². The average Bonchev–Trinajstić information content (AvgIpc) is 2.81. The van der Waals surface area contributed by atoms with Crippen LogP contribution in [0.4, 0.5) is 10.5 Å². The highest BCUT2D eigenvalue weighted by Crippen LogP contribution is 2.22. The van der Waals surface area contributed by atoms with Gasteiger partial charge in [0.15, 0.2) is 6.23 Å². The summed E-state index contributed by atoms with van der Waals surface area (Å²) in [5.74, 6) is -0.325. The van der Waals surface area contributed by atoms with Gasteiger partial charge in [-0.05, 0) is 12.1 Å². The molecule has 0 spiro atoms. The number of anilines is 1. The van der Waals surface area contributed by atoms with Gasteiger partial charge in [0.25, 0.3) is 0 Å². The van der Waals surface area contributed by atoms with E-state index in [1.807, 2.05) is 30.3 Å². The van der Waals surface area contributed by atoms with E-state index in [1.54, 1.807) is 0 Å². The number of nitrogens with zero attached hydrogens (tertiary/aromatic N) is 1. The molecular weight excluding hydrogens is 262 g/mol. The van der Waals surface area contributed by atoms with Gasteiger partial charge in [-0.15, -0.1) is 0 Å². The number of carbonyl (C=O) groups excluding carboxylic acids is 1. The quantitative estimate of drug-likeness (QED) is 0.700. The summed E-state index contributed by atoms with van der Waals surface area (Å²) in [6, 6.07) is 9.43. The zero-order valence-electron chi connectivity index (χ0n) is 10.9. The molecule has 0 aliphatic carbocycles. The minimum atomic E-state index is -1.40. The van der Waals surface area contributed by atoms with E-state index in [2.05, 4.69) is 5.32 Å². The van der Waals surface area contributed by atoms with Crippen LogP contribution in [0.15, 0.2) is 30.3 Å². The lowest BCUT2D eigenvalue weighted by atomic mass is 10.2. The second-order valence-electron chi connectivity index (χ2n) is 4.53. The van der Waals surface area contributed by atoms with Crippen molar-refractivity contribution in [1.82, 2.24) is 4.90 Å².